The van der Waals surface area contributed by atoms with Crippen molar-refractivity contribution in [3.8, 4) is 0 Å². The van der Waals surface area contributed by atoms with E-state index in [1.54, 1.807) is 28.4 Å². The molecule has 0 saturated heterocycles. The van der Waals surface area contributed by atoms with Crippen LogP contribution in [0, 0.1) is 6.92 Å². The number of pyridine rings is 1. The number of hydrogen-bond acceptors (Lipinski definition) is 4. The van der Waals surface area contributed by atoms with Crippen LogP contribution in [0.25, 0.3) is 0 Å². The first kappa shape index (κ1) is 17.4. The molecule has 0 aromatic carbocycles. The van der Waals surface area contributed by atoms with E-state index in [0.717, 1.165) is 11.1 Å². The van der Waals surface area contributed by atoms with E-state index in [-0.39, 0.29) is 5.91 Å². The number of thiophene rings is 1. The van der Waals surface area contributed by atoms with Gasteiger partial charge in [-0.2, -0.15) is 5.10 Å². The minimum Gasteiger partial charge on any atom is -0.333 e. The van der Waals surface area contributed by atoms with Crippen molar-refractivity contribution in [2.75, 3.05) is 0 Å². The Labute approximate surface area is 151 Å². The third kappa shape index (κ3) is 5.00. The second-order valence-corrected chi connectivity index (χ2v) is 7.51. The van der Waals surface area contributed by atoms with E-state index in [4.69, 9.17) is 0 Å². The van der Waals surface area contributed by atoms with E-state index in [9.17, 15) is 4.79 Å². The van der Waals surface area contributed by atoms with Gasteiger partial charge in [-0.1, -0.05) is 0 Å². The maximum Gasteiger partial charge on any atom is 0.223 e. The van der Waals surface area contributed by atoms with E-state index < -0.39 is 0 Å². The molecular formula is C19H22N4OS. The third-order valence-electron chi connectivity index (χ3n) is 4.00. The number of hydrogen-bond donors (Lipinski definition) is 0. The molecule has 0 fully saturated rings. The Morgan fingerprint density at radius 2 is 1.96 bits per heavy atom. The topological polar surface area (TPSA) is 51.0 Å². The zero-order valence-electron chi connectivity index (χ0n) is 14.6. The minimum absolute atomic E-state index is 0.159. The van der Waals surface area contributed by atoms with Crippen LogP contribution in [0.3, 0.4) is 0 Å². The van der Waals surface area contributed by atoms with Gasteiger partial charge in [-0.15, -0.1) is 11.3 Å². The van der Waals surface area contributed by atoms with Crippen LogP contribution in [0.5, 0.6) is 0 Å². The minimum atomic E-state index is 0.159. The molecular weight excluding hydrogens is 332 g/mol. The van der Waals surface area contributed by atoms with Gasteiger partial charge >= 0.3 is 0 Å². The standard InChI is InChI=1S/C19H22N4OS/c1-15-3-5-18(25-15)14-23(13-16-7-9-20-10-8-16)19(24)6-4-17-11-21-22(2)12-17/h3,5,7-12H,4,6,13-14H2,1-2H3. The lowest BCUT2D eigenvalue weighted by molar-refractivity contribution is -0.132. The fourth-order valence-corrected chi connectivity index (χ4v) is 3.62. The maximum atomic E-state index is 12.8. The Hall–Kier alpha value is -2.47. The first-order valence-corrected chi connectivity index (χ1v) is 9.11. The van der Waals surface area contributed by atoms with Gasteiger partial charge in [0, 0.05) is 48.4 Å². The van der Waals surface area contributed by atoms with Crippen molar-refractivity contribution in [2.45, 2.75) is 32.9 Å². The summed E-state index contributed by atoms with van der Waals surface area (Å²) in [5.41, 5.74) is 2.18. The molecule has 0 N–H and O–H groups in total. The highest BCUT2D eigenvalue weighted by Gasteiger charge is 2.16. The van der Waals surface area contributed by atoms with Crippen molar-refractivity contribution in [3.63, 3.8) is 0 Å². The molecule has 25 heavy (non-hydrogen) atoms. The highest BCUT2D eigenvalue weighted by molar-refractivity contribution is 7.11. The highest BCUT2D eigenvalue weighted by Crippen LogP contribution is 2.19. The van der Waals surface area contributed by atoms with Crippen LogP contribution in [0.1, 0.15) is 27.3 Å². The molecule has 3 aromatic rings. The molecule has 5 nitrogen and oxygen atoms in total. The predicted octanol–water partition coefficient (Wildman–Crippen LogP) is 3.35. The average Bonchev–Trinajstić information content (AvgIpc) is 3.21. The molecule has 0 saturated carbocycles. The summed E-state index contributed by atoms with van der Waals surface area (Å²) in [6.07, 6.45) is 8.52. The lowest BCUT2D eigenvalue weighted by atomic mass is 10.1. The fraction of sp³-hybridized carbons (Fsp3) is 0.316. The zero-order chi connectivity index (χ0) is 17.6. The van der Waals surface area contributed by atoms with E-state index >= 15 is 0 Å². The molecule has 0 bridgehead atoms. The maximum absolute atomic E-state index is 12.8. The van der Waals surface area contributed by atoms with Crippen LogP contribution in [-0.2, 0) is 31.4 Å². The molecule has 1 amide bonds. The summed E-state index contributed by atoms with van der Waals surface area (Å²) in [6.45, 7) is 3.34. The van der Waals surface area contributed by atoms with Crippen molar-refractivity contribution in [3.05, 3.63) is 69.9 Å². The lowest BCUT2D eigenvalue weighted by Gasteiger charge is -2.22. The van der Waals surface area contributed by atoms with Crippen LogP contribution in [0.4, 0.5) is 0 Å². The van der Waals surface area contributed by atoms with Gasteiger partial charge < -0.3 is 4.90 Å². The number of rotatable bonds is 7. The molecule has 0 radical (unpaired) electrons. The molecule has 0 unspecified atom stereocenters. The van der Waals surface area contributed by atoms with Crippen LogP contribution >= 0.6 is 11.3 Å². The zero-order valence-corrected chi connectivity index (χ0v) is 15.4. The van der Waals surface area contributed by atoms with Gasteiger partial charge in [0.25, 0.3) is 0 Å². The van der Waals surface area contributed by atoms with Gasteiger partial charge in [0.2, 0.25) is 5.91 Å². The smallest absolute Gasteiger partial charge is 0.223 e. The first-order valence-electron chi connectivity index (χ1n) is 8.29. The highest BCUT2D eigenvalue weighted by atomic mass is 32.1. The predicted molar refractivity (Wildman–Crippen MR) is 99.1 cm³/mol. The normalized spacial score (nSPS) is 10.8. The molecule has 0 spiro atoms. The Morgan fingerprint density at radius 1 is 1.16 bits per heavy atom. The molecule has 6 heteroatoms. The van der Waals surface area contributed by atoms with Crippen molar-refractivity contribution in [2.24, 2.45) is 7.05 Å². The number of carbonyl (C=O) groups is 1. The lowest BCUT2D eigenvalue weighted by Crippen LogP contribution is -2.30. The van der Waals surface area contributed by atoms with Crippen LogP contribution < -0.4 is 0 Å². The van der Waals surface area contributed by atoms with E-state index in [1.165, 1.54) is 9.75 Å². The van der Waals surface area contributed by atoms with Crippen LogP contribution in [0.2, 0.25) is 0 Å². The second kappa shape index (κ2) is 8.07. The number of aryl methyl sites for hydroxylation is 3. The number of aromatic nitrogens is 3. The van der Waals surface area contributed by atoms with Crippen molar-refractivity contribution in [1.29, 1.82) is 0 Å². The van der Waals surface area contributed by atoms with E-state index in [2.05, 4.69) is 29.1 Å². The van der Waals surface area contributed by atoms with Crippen LogP contribution in [0.15, 0.2) is 49.1 Å². The second-order valence-electron chi connectivity index (χ2n) is 6.14. The SMILES string of the molecule is Cc1ccc(CN(Cc2ccncc2)C(=O)CCc2cnn(C)c2)s1. The van der Waals surface area contributed by atoms with Gasteiger partial charge in [-0.3, -0.25) is 14.5 Å². The van der Waals surface area contributed by atoms with E-state index in [1.807, 2.05) is 36.5 Å². The fourth-order valence-electron chi connectivity index (χ4n) is 2.71. The summed E-state index contributed by atoms with van der Waals surface area (Å²) >= 11 is 1.74. The number of amides is 1. The number of nitrogens with zero attached hydrogens (tertiary/aromatic N) is 4. The molecule has 0 aliphatic heterocycles. The molecule has 0 aliphatic rings. The molecule has 3 rings (SSSR count). The summed E-state index contributed by atoms with van der Waals surface area (Å²) in [4.78, 5) is 21.3. The van der Waals surface area contributed by atoms with Crippen molar-refractivity contribution >= 4 is 17.2 Å². The Bertz CT molecular complexity index is 825. The van der Waals surface area contributed by atoms with Gasteiger partial charge in [-0.05, 0) is 48.7 Å². The quantitative estimate of drug-likeness (QED) is 0.654. The monoisotopic (exact) mass is 354 g/mol. The van der Waals surface area contributed by atoms with Crippen molar-refractivity contribution in [1.82, 2.24) is 19.7 Å². The summed E-state index contributed by atoms with van der Waals surface area (Å²) in [5, 5.41) is 4.16. The Morgan fingerprint density at radius 3 is 2.60 bits per heavy atom. The molecule has 130 valence electrons. The van der Waals surface area contributed by atoms with Crippen molar-refractivity contribution < 1.29 is 4.79 Å². The van der Waals surface area contributed by atoms with Gasteiger partial charge in [-0.25, -0.2) is 0 Å². The van der Waals surface area contributed by atoms with Crippen LogP contribution in [-0.4, -0.2) is 25.6 Å². The van der Waals surface area contributed by atoms with Gasteiger partial charge in [0.15, 0.2) is 0 Å². The molecule has 0 atom stereocenters. The summed E-state index contributed by atoms with van der Waals surface area (Å²) in [7, 11) is 1.89. The van der Waals surface area contributed by atoms with E-state index in [0.29, 0.717) is 25.9 Å². The average molecular weight is 354 g/mol. The Kier molecular flexibility index (Phi) is 5.60. The molecule has 3 aromatic heterocycles. The number of carbonyl (C=O) groups excluding carboxylic acids is 1. The van der Waals surface area contributed by atoms with Gasteiger partial charge in [0.1, 0.15) is 0 Å². The summed E-state index contributed by atoms with van der Waals surface area (Å²) < 4.78 is 1.77. The largest absolute Gasteiger partial charge is 0.333 e. The summed E-state index contributed by atoms with van der Waals surface area (Å²) in [6, 6.07) is 8.13. The first-order chi connectivity index (χ1) is 12.1. The summed E-state index contributed by atoms with van der Waals surface area (Å²) in [5.74, 6) is 0.159. The van der Waals surface area contributed by atoms with Gasteiger partial charge in [0.05, 0.1) is 12.7 Å². The molecule has 0 aliphatic carbocycles. The third-order valence-corrected chi connectivity index (χ3v) is 4.99. The Balaban J connectivity index is 1.68. The molecule has 3 heterocycles.